The van der Waals surface area contributed by atoms with Gasteiger partial charge in [0.15, 0.2) is 0 Å². The average Bonchev–Trinajstić information content (AvgIpc) is 2.87. The Kier molecular flexibility index (Phi) is 2.45. The Morgan fingerprint density at radius 1 is 1.16 bits per heavy atom. The molecule has 2 N–H and O–H groups in total. The van der Waals surface area contributed by atoms with Gasteiger partial charge >= 0.3 is 5.97 Å². The molecule has 0 radical (unpaired) electrons. The molecule has 0 unspecified atom stereocenters. The molecule has 0 amide bonds. The predicted octanol–water partition coefficient (Wildman–Crippen LogP) is 1.99. The van der Waals surface area contributed by atoms with Crippen molar-refractivity contribution in [3.8, 4) is 11.3 Å². The van der Waals surface area contributed by atoms with Crippen molar-refractivity contribution in [1.29, 1.82) is 0 Å². The third-order valence-corrected chi connectivity index (χ3v) is 2.97. The van der Waals surface area contributed by atoms with Gasteiger partial charge in [-0.2, -0.15) is 0 Å². The number of carboxylic acid groups (broad SMARTS) is 1. The van der Waals surface area contributed by atoms with Crippen molar-refractivity contribution in [2.75, 3.05) is 0 Å². The van der Waals surface area contributed by atoms with E-state index in [9.17, 15) is 9.59 Å². The molecule has 3 aromatic rings. The van der Waals surface area contributed by atoms with E-state index in [4.69, 9.17) is 5.11 Å². The zero-order chi connectivity index (χ0) is 13.4. The zero-order valence-corrected chi connectivity index (χ0v) is 9.83. The van der Waals surface area contributed by atoms with Crippen LogP contribution >= 0.6 is 0 Å². The second kappa shape index (κ2) is 4.13. The van der Waals surface area contributed by atoms with Crippen molar-refractivity contribution in [1.82, 2.24) is 9.38 Å². The summed E-state index contributed by atoms with van der Waals surface area (Å²) in [5.41, 5.74) is 2.02. The fraction of sp³-hybridized carbons (Fsp3) is 0. The summed E-state index contributed by atoms with van der Waals surface area (Å²) in [7, 11) is 0. The van der Waals surface area contributed by atoms with E-state index in [1.54, 1.807) is 41.1 Å². The summed E-state index contributed by atoms with van der Waals surface area (Å²) in [6.45, 7) is 0. The second-order valence-corrected chi connectivity index (χ2v) is 4.18. The Labute approximate surface area is 107 Å². The lowest BCUT2D eigenvalue weighted by Gasteiger charge is -2.04. The molecule has 0 saturated heterocycles. The van der Waals surface area contributed by atoms with Gasteiger partial charge in [0, 0.05) is 12.4 Å². The standard InChI is InChI=1S/C14H10N2O3/c17-13-12-2-1-7-16(12)8-11(15-13)9-3-5-10(6-4-9)14(18)19/h1-8H,(H,15,17)(H,18,19). The number of H-pyrrole nitrogens is 1. The van der Waals surface area contributed by atoms with E-state index in [1.165, 1.54) is 12.1 Å². The first-order chi connectivity index (χ1) is 9.15. The van der Waals surface area contributed by atoms with Gasteiger partial charge in [-0.15, -0.1) is 0 Å². The minimum Gasteiger partial charge on any atom is -0.478 e. The van der Waals surface area contributed by atoms with Gasteiger partial charge in [0.05, 0.1) is 11.3 Å². The molecule has 2 aromatic heterocycles. The first-order valence-electron chi connectivity index (χ1n) is 5.69. The molecule has 0 bridgehead atoms. The highest BCUT2D eigenvalue weighted by Gasteiger charge is 2.06. The van der Waals surface area contributed by atoms with E-state index >= 15 is 0 Å². The van der Waals surface area contributed by atoms with Crippen LogP contribution in [0.1, 0.15) is 10.4 Å². The van der Waals surface area contributed by atoms with Crippen LogP contribution in [0.4, 0.5) is 0 Å². The van der Waals surface area contributed by atoms with E-state index in [0.29, 0.717) is 11.2 Å². The predicted molar refractivity (Wildman–Crippen MR) is 70.4 cm³/mol. The quantitative estimate of drug-likeness (QED) is 0.734. The van der Waals surface area contributed by atoms with Crippen LogP contribution in [0.3, 0.4) is 0 Å². The molecular formula is C14H10N2O3. The molecule has 0 saturated carbocycles. The molecule has 0 aliphatic carbocycles. The highest BCUT2D eigenvalue weighted by Crippen LogP contribution is 2.17. The molecule has 2 heterocycles. The molecule has 0 fully saturated rings. The number of benzene rings is 1. The first-order valence-corrected chi connectivity index (χ1v) is 5.69. The van der Waals surface area contributed by atoms with Crippen LogP contribution in [0, 0.1) is 0 Å². The summed E-state index contributed by atoms with van der Waals surface area (Å²) in [6, 6.07) is 9.89. The van der Waals surface area contributed by atoms with Gasteiger partial charge in [0.25, 0.3) is 5.56 Å². The monoisotopic (exact) mass is 254 g/mol. The summed E-state index contributed by atoms with van der Waals surface area (Å²) in [6.07, 6.45) is 3.59. The highest BCUT2D eigenvalue weighted by atomic mass is 16.4. The van der Waals surface area contributed by atoms with E-state index in [-0.39, 0.29) is 11.1 Å². The third-order valence-electron chi connectivity index (χ3n) is 2.97. The Morgan fingerprint density at radius 2 is 1.89 bits per heavy atom. The number of nitrogens with one attached hydrogen (secondary N) is 1. The summed E-state index contributed by atoms with van der Waals surface area (Å²) < 4.78 is 1.74. The topological polar surface area (TPSA) is 74.6 Å². The number of rotatable bonds is 2. The van der Waals surface area contributed by atoms with Crippen LogP contribution in [0.15, 0.2) is 53.6 Å². The minimum absolute atomic E-state index is 0.176. The molecule has 5 heteroatoms. The molecular weight excluding hydrogens is 244 g/mol. The number of carbonyl (C=O) groups is 1. The number of hydrogen-bond acceptors (Lipinski definition) is 2. The fourth-order valence-corrected chi connectivity index (χ4v) is 2.00. The fourth-order valence-electron chi connectivity index (χ4n) is 2.00. The van der Waals surface area contributed by atoms with Crippen molar-refractivity contribution in [3.05, 3.63) is 64.7 Å². The molecule has 94 valence electrons. The number of aromatic carboxylic acids is 1. The van der Waals surface area contributed by atoms with E-state index in [2.05, 4.69) is 4.98 Å². The normalized spacial score (nSPS) is 10.7. The average molecular weight is 254 g/mol. The van der Waals surface area contributed by atoms with Gasteiger partial charge in [-0.1, -0.05) is 12.1 Å². The van der Waals surface area contributed by atoms with Crippen LogP contribution in [-0.2, 0) is 0 Å². The van der Waals surface area contributed by atoms with Crippen molar-refractivity contribution < 1.29 is 9.90 Å². The molecule has 3 rings (SSSR count). The lowest BCUT2D eigenvalue weighted by molar-refractivity contribution is 0.0697. The molecule has 0 aliphatic heterocycles. The Morgan fingerprint density at radius 3 is 2.58 bits per heavy atom. The molecule has 19 heavy (non-hydrogen) atoms. The molecule has 1 aromatic carbocycles. The molecule has 0 spiro atoms. The summed E-state index contributed by atoms with van der Waals surface area (Å²) in [5.74, 6) is -0.971. The largest absolute Gasteiger partial charge is 0.478 e. The Hall–Kier alpha value is -2.82. The highest BCUT2D eigenvalue weighted by molar-refractivity contribution is 5.88. The van der Waals surface area contributed by atoms with Crippen LogP contribution in [0.25, 0.3) is 16.8 Å². The van der Waals surface area contributed by atoms with Crippen LogP contribution in [-0.4, -0.2) is 20.5 Å². The lowest BCUT2D eigenvalue weighted by Crippen LogP contribution is -2.09. The number of aromatic nitrogens is 2. The minimum atomic E-state index is -0.971. The second-order valence-electron chi connectivity index (χ2n) is 4.18. The van der Waals surface area contributed by atoms with Gasteiger partial charge < -0.3 is 14.5 Å². The first kappa shape index (κ1) is 11.3. The van der Waals surface area contributed by atoms with Gasteiger partial charge in [-0.3, -0.25) is 4.79 Å². The Balaban J connectivity index is 2.13. The van der Waals surface area contributed by atoms with Crippen molar-refractivity contribution in [2.24, 2.45) is 0 Å². The maximum absolute atomic E-state index is 11.8. The smallest absolute Gasteiger partial charge is 0.335 e. The van der Waals surface area contributed by atoms with Gasteiger partial charge in [-0.25, -0.2) is 4.79 Å². The number of hydrogen-bond donors (Lipinski definition) is 2. The third kappa shape index (κ3) is 1.91. The van der Waals surface area contributed by atoms with Crippen LogP contribution in [0.2, 0.25) is 0 Å². The van der Waals surface area contributed by atoms with Crippen LogP contribution in [0.5, 0.6) is 0 Å². The number of nitrogens with zero attached hydrogens (tertiary/aromatic N) is 1. The number of fused-ring (bicyclic) bond motifs is 1. The lowest BCUT2D eigenvalue weighted by atomic mass is 10.1. The molecule has 0 aliphatic rings. The maximum atomic E-state index is 11.8. The SMILES string of the molecule is O=C(O)c1ccc(-c2cn3cccc3c(=O)[nH]2)cc1. The van der Waals surface area contributed by atoms with Gasteiger partial charge in [0.2, 0.25) is 0 Å². The number of aromatic amines is 1. The number of carboxylic acids is 1. The van der Waals surface area contributed by atoms with Crippen molar-refractivity contribution in [3.63, 3.8) is 0 Å². The zero-order valence-electron chi connectivity index (χ0n) is 9.83. The summed E-state index contributed by atoms with van der Waals surface area (Å²) in [4.78, 5) is 25.4. The van der Waals surface area contributed by atoms with Crippen molar-refractivity contribution in [2.45, 2.75) is 0 Å². The summed E-state index contributed by atoms with van der Waals surface area (Å²) >= 11 is 0. The summed E-state index contributed by atoms with van der Waals surface area (Å²) in [5, 5.41) is 8.84. The Bertz CT molecular complexity index is 813. The van der Waals surface area contributed by atoms with E-state index in [0.717, 1.165) is 5.56 Å². The van der Waals surface area contributed by atoms with Crippen LogP contribution < -0.4 is 5.56 Å². The van der Waals surface area contributed by atoms with Gasteiger partial charge in [0.1, 0.15) is 5.52 Å². The molecule has 5 nitrogen and oxygen atoms in total. The molecule has 0 atom stereocenters. The van der Waals surface area contributed by atoms with Gasteiger partial charge in [-0.05, 0) is 29.8 Å². The van der Waals surface area contributed by atoms with E-state index < -0.39 is 5.97 Å². The van der Waals surface area contributed by atoms with Crippen molar-refractivity contribution >= 4 is 11.5 Å². The van der Waals surface area contributed by atoms with E-state index in [1.807, 2.05) is 0 Å². The maximum Gasteiger partial charge on any atom is 0.335 e.